The number of halogens is 3. The summed E-state index contributed by atoms with van der Waals surface area (Å²) in [6.07, 6.45) is -1.95. The van der Waals surface area contributed by atoms with Gasteiger partial charge in [0, 0.05) is 24.7 Å². The van der Waals surface area contributed by atoms with Crippen molar-refractivity contribution in [3.63, 3.8) is 0 Å². The highest BCUT2D eigenvalue weighted by Crippen LogP contribution is 2.39. The second-order valence-corrected chi connectivity index (χ2v) is 6.36. The van der Waals surface area contributed by atoms with Crippen LogP contribution in [0.2, 0.25) is 0 Å². The molecule has 2 atom stereocenters. The molecule has 0 radical (unpaired) electrons. The molecule has 1 unspecified atom stereocenters. The maximum atomic E-state index is 13.2. The molecule has 0 spiro atoms. The Morgan fingerprint density at radius 2 is 1.95 bits per heavy atom. The van der Waals surface area contributed by atoms with Gasteiger partial charge in [-0.1, -0.05) is 19.1 Å². The van der Waals surface area contributed by atoms with Gasteiger partial charge in [0.15, 0.2) is 0 Å². The van der Waals surface area contributed by atoms with Crippen LogP contribution in [0.5, 0.6) is 0 Å². The zero-order valence-corrected chi connectivity index (χ0v) is 12.7. The summed E-state index contributed by atoms with van der Waals surface area (Å²) in [6.45, 7) is 4.10. The van der Waals surface area contributed by atoms with Crippen molar-refractivity contribution >= 4 is 10.9 Å². The summed E-state index contributed by atoms with van der Waals surface area (Å²) in [5.74, 6) is 0.792. The molecule has 0 N–H and O–H groups in total. The predicted molar refractivity (Wildman–Crippen MR) is 80.8 cm³/mol. The number of pyridine rings is 1. The quantitative estimate of drug-likeness (QED) is 0.780. The van der Waals surface area contributed by atoms with Gasteiger partial charge >= 0.3 is 6.18 Å². The Labute approximate surface area is 128 Å². The average Bonchev–Trinajstić information content (AvgIpc) is 2.44. The molecule has 3 rings (SSSR count). The number of hydrogen-bond donors (Lipinski definition) is 0. The topological polar surface area (TPSA) is 16.1 Å². The fourth-order valence-electron chi connectivity index (χ4n) is 3.62. The van der Waals surface area contributed by atoms with E-state index in [9.17, 15) is 13.2 Å². The molecule has 1 saturated heterocycles. The number of piperidine rings is 1. The molecular weight excluding hydrogens is 289 g/mol. The summed E-state index contributed by atoms with van der Waals surface area (Å²) < 4.78 is 39.5. The Hall–Kier alpha value is -1.62. The minimum atomic E-state index is -4.37. The van der Waals surface area contributed by atoms with E-state index >= 15 is 0 Å². The van der Waals surface area contributed by atoms with E-state index < -0.39 is 11.7 Å². The van der Waals surface area contributed by atoms with Crippen molar-refractivity contribution in [1.29, 1.82) is 0 Å². The highest BCUT2D eigenvalue weighted by atomic mass is 19.4. The Kier molecular flexibility index (Phi) is 3.85. The van der Waals surface area contributed by atoms with Crippen LogP contribution in [0.3, 0.4) is 0 Å². The number of rotatable bonds is 1. The summed E-state index contributed by atoms with van der Waals surface area (Å²) >= 11 is 0. The van der Waals surface area contributed by atoms with Gasteiger partial charge in [-0.25, -0.2) is 0 Å². The number of nitrogens with zero attached hydrogens (tertiary/aromatic N) is 2. The number of likely N-dealkylation sites (tertiary alicyclic amines) is 1. The van der Waals surface area contributed by atoms with Crippen LogP contribution in [0.4, 0.5) is 13.2 Å². The summed E-state index contributed by atoms with van der Waals surface area (Å²) in [4.78, 5) is 6.26. The van der Waals surface area contributed by atoms with Gasteiger partial charge in [0.1, 0.15) is 0 Å². The zero-order valence-electron chi connectivity index (χ0n) is 12.7. The second-order valence-electron chi connectivity index (χ2n) is 6.36. The van der Waals surface area contributed by atoms with E-state index in [0.717, 1.165) is 25.1 Å². The molecule has 2 nitrogen and oxygen atoms in total. The fourth-order valence-corrected chi connectivity index (χ4v) is 3.62. The van der Waals surface area contributed by atoms with Crippen molar-refractivity contribution in [2.24, 2.45) is 5.92 Å². The molecule has 2 aromatic rings. The third kappa shape index (κ3) is 2.82. The first-order valence-corrected chi connectivity index (χ1v) is 7.49. The molecule has 2 heterocycles. The molecule has 0 saturated carbocycles. The van der Waals surface area contributed by atoms with Gasteiger partial charge in [0.25, 0.3) is 0 Å². The van der Waals surface area contributed by atoms with Crippen LogP contribution >= 0.6 is 0 Å². The molecule has 1 aliphatic rings. The number of alkyl halides is 3. The molecule has 1 aromatic heterocycles. The monoisotopic (exact) mass is 308 g/mol. The van der Waals surface area contributed by atoms with Gasteiger partial charge < -0.3 is 4.90 Å². The lowest BCUT2D eigenvalue weighted by molar-refractivity contribution is -0.136. The Morgan fingerprint density at radius 1 is 1.18 bits per heavy atom. The van der Waals surface area contributed by atoms with E-state index in [0.29, 0.717) is 11.3 Å². The molecular formula is C17H19F3N2. The summed E-state index contributed by atoms with van der Waals surface area (Å²) in [5, 5.41) is 0.629. The van der Waals surface area contributed by atoms with Crippen LogP contribution in [-0.2, 0) is 6.18 Å². The number of fused-ring (bicyclic) bond motifs is 1. The van der Waals surface area contributed by atoms with Crippen molar-refractivity contribution in [1.82, 2.24) is 9.88 Å². The van der Waals surface area contributed by atoms with E-state index in [4.69, 9.17) is 0 Å². The normalized spacial score (nSPS) is 23.9. The van der Waals surface area contributed by atoms with Crippen LogP contribution in [0.15, 0.2) is 30.5 Å². The van der Waals surface area contributed by atoms with Crippen LogP contribution in [0.1, 0.15) is 30.4 Å². The molecule has 118 valence electrons. The third-order valence-corrected chi connectivity index (χ3v) is 4.39. The lowest BCUT2D eigenvalue weighted by atomic mass is 9.83. The SMILES string of the molecule is CC1C[C@@H](c2ccc(C(F)(F)F)c3ncccc23)CN(C)C1. The average molecular weight is 308 g/mol. The maximum Gasteiger partial charge on any atom is 0.418 e. The largest absolute Gasteiger partial charge is 0.418 e. The van der Waals surface area contributed by atoms with Crippen molar-refractivity contribution in [3.8, 4) is 0 Å². The first-order chi connectivity index (χ1) is 10.4. The number of benzene rings is 1. The number of aromatic nitrogens is 1. The van der Waals surface area contributed by atoms with E-state index in [2.05, 4.69) is 23.9 Å². The lowest BCUT2D eigenvalue weighted by Gasteiger charge is -2.34. The third-order valence-electron chi connectivity index (χ3n) is 4.39. The smallest absolute Gasteiger partial charge is 0.305 e. The predicted octanol–water partition coefficient (Wildman–Crippen LogP) is 4.31. The number of hydrogen-bond acceptors (Lipinski definition) is 2. The Balaban J connectivity index is 2.12. The molecule has 0 bridgehead atoms. The molecule has 1 aromatic carbocycles. The van der Waals surface area contributed by atoms with E-state index in [1.807, 2.05) is 0 Å². The maximum absolute atomic E-state index is 13.2. The fraction of sp³-hybridized carbons (Fsp3) is 0.471. The van der Waals surface area contributed by atoms with Gasteiger partial charge in [-0.2, -0.15) is 13.2 Å². The van der Waals surface area contributed by atoms with Gasteiger partial charge in [-0.05, 0) is 43.0 Å². The van der Waals surface area contributed by atoms with Crippen molar-refractivity contribution in [2.75, 3.05) is 20.1 Å². The molecule has 22 heavy (non-hydrogen) atoms. The molecule has 0 amide bonds. The molecule has 1 aliphatic heterocycles. The van der Waals surface area contributed by atoms with Crippen molar-refractivity contribution in [3.05, 3.63) is 41.6 Å². The van der Waals surface area contributed by atoms with Gasteiger partial charge in [-0.3, -0.25) is 4.98 Å². The highest BCUT2D eigenvalue weighted by Gasteiger charge is 2.34. The molecule has 5 heteroatoms. The lowest BCUT2D eigenvalue weighted by Crippen LogP contribution is -2.35. The van der Waals surface area contributed by atoms with Gasteiger partial charge in [0.2, 0.25) is 0 Å². The minimum absolute atomic E-state index is 0.0633. The summed E-state index contributed by atoms with van der Waals surface area (Å²) in [6, 6.07) is 6.29. The van der Waals surface area contributed by atoms with E-state index in [1.165, 1.54) is 12.3 Å². The summed E-state index contributed by atoms with van der Waals surface area (Å²) in [5.41, 5.74) is 0.395. The van der Waals surface area contributed by atoms with Gasteiger partial charge in [-0.15, -0.1) is 0 Å². The summed E-state index contributed by atoms with van der Waals surface area (Å²) in [7, 11) is 2.06. The first-order valence-electron chi connectivity index (χ1n) is 7.49. The van der Waals surface area contributed by atoms with Crippen LogP contribution < -0.4 is 0 Å². The van der Waals surface area contributed by atoms with Crippen molar-refractivity contribution in [2.45, 2.75) is 25.4 Å². The molecule has 0 aliphatic carbocycles. The first kappa shape index (κ1) is 15.3. The van der Waals surface area contributed by atoms with Crippen LogP contribution in [-0.4, -0.2) is 30.0 Å². The minimum Gasteiger partial charge on any atom is -0.305 e. The zero-order chi connectivity index (χ0) is 15.9. The van der Waals surface area contributed by atoms with Crippen LogP contribution in [0, 0.1) is 5.92 Å². The van der Waals surface area contributed by atoms with E-state index in [-0.39, 0.29) is 11.4 Å². The standard InChI is InChI=1S/C17H19F3N2/c1-11-8-12(10-22(2)9-11)13-5-6-15(17(18,19)20)16-14(13)4-3-7-21-16/h3-7,11-12H,8-10H2,1-2H3/t11?,12-/m1/s1. The number of likely N-dealkylation sites (N-methyl/N-ethyl adjacent to an activating group) is 1. The second kappa shape index (κ2) is 5.54. The Bertz CT molecular complexity index is 671. The van der Waals surface area contributed by atoms with Gasteiger partial charge in [0.05, 0.1) is 11.1 Å². The molecule has 1 fully saturated rings. The van der Waals surface area contributed by atoms with E-state index in [1.54, 1.807) is 18.2 Å². The Morgan fingerprint density at radius 3 is 2.64 bits per heavy atom. The van der Waals surface area contributed by atoms with Crippen molar-refractivity contribution < 1.29 is 13.2 Å². The highest BCUT2D eigenvalue weighted by molar-refractivity contribution is 5.86. The van der Waals surface area contributed by atoms with Crippen LogP contribution in [0.25, 0.3) is 10.9 Å².